The molecule has 31 heavy (non-hydrogen) atoms. The number of nitrogens with one attached hydrogen (secondary N) is 4. The van der Waals surface area contributed by atoms with Gasteiger partial charge in [0.05, 0.1) is 17.5 Å². The number of benzene rings is 1. The monoisotopic (exact) mass is 445 g/mol. The molecule has 1 atom stereocenters. The molecule has 12 nitrogen and oxygen atoms in total. The van der Waals surface area contributed by atoms with Crippen LogP contribution in [0.5, 0.6) is 0 Å². The summed E-state index contributed by atoms with van der Waals surface area (Å²) in [4.78, 5) is 40.8. The highest BCUT2D eigenvalue weighted by molar-refractivity contribution is 7.89. The number of amides is 4. The number of sulfonamides is 1. The smallest absolute Gasteiger partial charge is 0.322 e. The minimum absolute atomic E-state index is 0.0237. The summed E-state index contributed by atoms with van der Waals surface area (Å²) >= 11 is 0. The molecule has 162 valence electrons. The van der Waals surface area contributed by atoms with Crippen LogP contribution in [-0.4, -0.2) is 48.9 Å². The molecule has 1 aliphatic rings. The normalized spacial score (nSPS) is 18.2. The Morgan fingerprint density at radius 2 is 2.00 bits per heavy atom. The van der Waals surface area contributed by atoms with Gasteiger partial charge in [-0.05, 0) is 24.3 Å². The molecule has 4 N–H and O–H groups in total. The molecule has 0 aliphatic carbocycles. The number of rotatable bonds is 8. The summed E-state index contributed by atoms with van der Waals surface area (Å²) in [6.45, 7) is -0.297. The van der Waals surface area contributed by atoms with E-state index in [1.165, 1.54) is 30.5 Å². The molecule has 1 aromatic carbocycles. The zero-order chi connectivity index (χ0) is 22.6. The van der Waals surface area contributed by atoms with E-state index in [1.54, 1.807) is 17.8 Å². The summed E-state index contributed by atoms with van der Waals surface area (Å²) in [7, 11) is -2.16. The predicted octanol–water partition coefficient (Wildman–Crippen LogP) is -0.923. The van der Waals surface area contributed by atoms with Crippen molar-refractivity contribution in [3.05, 3.63) is 48.0 Å². The third kappa shape index (κ3) is 4.39. The second-order valence-corrected chi connectivity index (χ2v) is 8.46. The van der Waals surface area contributed by atoms with Crippen LogP contribution in [0, 0.1) is 11.3 Å². The van der Waals surface area contributed by atoms with Crippen LogP contribution in [-0.2, 0) is 27.4 Å². The fraction of sp³-hybridized carbons (Fsp3) is 0.278. The molecule has 1 unspecified atom stereocenters. The number of urea groups is 1. The van der Waals surface area contributed by atoms with E-state index >= 15 is 0 Å². The Hall–Kier alpha value is -3.76. The second kappa shape index (κ2) is 8.54. The van der Waals surface area contributed by atoms with Crippen LogP contribution in [0.1, 0.15) is 22.6 Å². The molecule has 1 fully saturated rings. The first-order valence-corrected chi connectivity index (χ1v) is 10.5. The van der Waals surface area contributed by atoms with E-state index in [-0.39, 0.29) is 35.8 Å². The lowest BCUT2D eigenvalue weighted by molar-refractivity contribution is -0.124. The third-order valence-electron chi connectivity index (χ3n) is 4.61. The summed E-state index contributed by atoms with van der Waals surface area (Å²) in [5.41, 5.74) is -1.44. The molecule has 13 heteroatoms. The van der Waals surface area contributed by atoms with Gasteiger partial charge in [0.1, 0.15) is 5.82 Å². The number of aromatic nitrogens is 2. The molecule has 4 amide bonds. The number of imide groups is 1. The Balaban J connectivity index is 1.74. The Bertz CT molecular complexity index is 1170. The van der Waals surface area contributed by atoms with Gasteiger partial charge in [0.25, 0.3) is 11.8 Å². The van der Waals surface area contributed by atoms with Crippen molar-refractivity contribution in [3.63, 3.8) is 0 Å². The van der Waals surface area contributed by atoms with E-state index in [0.717, 1.165) is 0 Å². The average Bonchev–Trinajstić information content (AvgIpc) is 3.29. The number of imidazole rings is 1. The molecule has 0 radical (unpaired) electrons. The van der Waals surface area contributed by atoms with Crippen molar-refractivity contribution in [1.82, 2.24) is 30.2 Å². The molecule has 0 spiro atoms. The maximum absolute atomic E-state index is 12.6. The van der Waals surface area contributed by atoms with Crippen LogP contribution in [0.4, 0.5) is 4.79 Å². The maximum atomic E-state index is 12.6. The van der Waals surface area contributed by atoms with Crippen molar-refractivity contribution < 1.29 is 22.8 Å². The molecular formula is C18H19N7O5S. The Morgan fingerprint density at radius 3 is 2.55 bits per heavy atom. The van der Waals surface area contributed by atoms with Crippen LogP contribution in [0.15, 0.2) is 41.6 Å². The number of nitrogens with zero attached hydrogens (tertiary/aromatic N) is 3. The van der Waals surface area contributed by atoms with Gasteiger partial charge in [0, 0.05) is 38.0 Å². The van der Waals surface area contributed by atoms with E-state index < -0.39 is 33.4 Å². The average molecular weight is 445 g/mol. The second-order valence-electron chi connectivity index (χ2n) is 6.69. The van der Waals surface area contributed by atoms with E-state index in [0.29, 0.717) is 0 Å². The first kappa shape index (κ1) is 21.9. The van der Waals surface area contributed by atoms with Gasteiger partial charge in [-0.15, -0.1) is 0 Å². The molecule has 3 rings (SSSR count). The first-order valence-electron chi connectivity index (χ1n) is 9.06. The first-order chi connectivity index (χ1) is 14.7. The summed E-state index contributed by atoms with van der Waals surface area (Å²) in [5.74, 6) is -0.998. The standard InChI is InChI=1S/C18H19N7O5S/c1-25-10-9-20-15(25)18(16(27)23-17(28)24-18)11-21-14(26)12-3-5-13(6-4-12)31(29,30)22-8-2-7-19/h3-6,9-10,22H,2,8,11H2,1H3,(H,21,26)(H2,23,24,27,28). The van der Waals surface area contributed by atoms with Crippen LogP contribution < -0.4 is 20.7 Å². The van der Waals surface area contributed by atoms with Gasteiger partial charge in [-0.2, -0.15) is 5.26 Å². The minimum Gasteiger partial charge on any atom is -0.349 e. The van der Waals surface area contributed by atoms with Crippen molar-refractivity contribution in [2.75, 3.05) is 13.1 Å². The number of nitriles is 1. The third-order valence-corrected chi connectivity index (χ3v) is 6.09. The number of hydrogen-bond donors (Lipinski definition) is 4. The Morgan fingerprint density at radius 1 is 1.29 bits per heavy atom. The molecular weight excluding hydrogens is 426 g/mol. The van der Waals surface area contributed by atoms with Crippen LogP contribution in [0.25, 0.3) is 0 Å². The van der Waals surface area contributed by atoms with E-state index in [1.807, 2.05) is 6.07 Å². The van der Waals surface area contributed by atoms with Crippen molar-refractivity contribution in [2.45, 2.75) is 16.9 Å². The lowest BCUT2D eigenvalue weighted by Crippen LogP contribution is -2.54. The summed E-state index contributed by atoms with van der Waals surface area (Å²) in [5, 5.41) is 15.7. The highest BCUT2D eigenvalue weighted by Crippen LogP contribution is 2.22. The number of carbonyl (C=O) groups excluding carboxylic acids is 3. The zero-order valence-corrected chi connectivity index (χ0v) is 17.2. The molecule has 1 saturated heterocycles. The van der Waals surface area contributed by atoms with Gasteiger partial charge >= 0.3 is 6.03 Å². The maximum Gasteiger partial charge on any atom is 0.322 e. The highest BCUT2D eigenvalue weighted by Gasteiger charge is 2.50. The van der Waals surface area contributed by atoms with Gasteiger partial charge in [0.2, 0.25) is 10.0 Å². The van der Waals surface area contributed by atoms with Gasteiger partial charge in [-0.1, -0.05) is 0 Å². The summed E-state index contributed by atoms with van der Waals surface area (Å²) in [6.07, 6.45) is 3.09. The van der Waals surface area contributed by atoms with Crippen molar-refractivity contribution in [2.24, 2.45) is 7.05 Å². The van der Waals surface area contributed by atoms with Gasteiger partial charge in [-0.25, -0.2) is 22.9 Å². The van der Waals surface area contributed by atoms with E-state index in [2.05, 4.69) is 25.7 Å². The lowest BCUT2D eigenvalue weighted by atomic mass is 9.98. The van der Waals surface area contributed by atoms with Crippen LogP contribution in [0.2, 0.25) is 0 Å². The van der Waals surface area contributed by atoms with Gasteiger partial charge in [-0.3, -0.25) is 14.9 Å². The number of carbonyl (C=O) groups is 3. The predicted molar refractivity (Wildman–Crippen MR) is 106 cm³/mol. The van der Waals surface area contributed by atoms with Crippen LogP contribution in [0.3, 0.4) is 0 Å². The topological polar surface area (TPSA) is 175 Å². The SMILES string of the molecule is Cn1ccnc1C1(CNC(=O)c2ccc(S(=O)(=O)NCCC#N)cc2)NC(=O)NC1=O. The van der Waals surface area contributed by atoms with Crippen molar-refractivity contribution in [3.8, 4) is 6.07 Å². The number of aryl methyl sites for hydroxylation is 1. The summed E-state index contributed by atoms with van der Waals surface area (Å²) in [6, 6.07) is 6.26. The van der Waals surface area contributed by atoms with Gasteiger partial charge < -0.3 is 15.2 Å². The Kier molecular flexibility index (Phi) is 6.04. The fourth-order valence-electron chi connectivity index (χ4n) is 3.05. The van der Waals surface area contributed by atoms with Gasteiger partial charge in [0.15, 0.2) is 5.54 Å². The molecule has 1 aliphatic heterocycles. The minimum atomic E-state index is -3.80. The molecule has 0 saturated carbocycles. The quantitative estimate of drug-likeness (QED) is 0.300. The zero-order valence-electron chi connectivity index (χ0n) is 16.4. The lowest BCUT2D eigenvalue weighted by Gasteiger charge is -2.25. The van der Waals surface area contributed by atoms with Crippen molar-refractivity contribution >= 4 is 27.9 Å². The molecule has 0 bridgehead atoms. The molecule has 2 heterocycles. The fourth-order valence-corrected chi connectivity index (χ4v) is 4.09. The molecule has 2 aromatic rings. The van der Waals surface area contributed by atoms with Crippen molar-refractivity contribution in [1.29, 1.82) is 5.26 Å². The van der Waals surface area contributed by atoms with E-state index in [4.69, 9.17) is 5.26 Å². The summed E-state index contributed by atoms with van der Waals surface area (Å²) < 4.78 is 28.1. The Labute approximate surface area is 177 Å². The number of hydrogen-bond acceptors (Lipinski definition) is 7. The molecule has 1 aromatic heterocycles. The largest absolute Gasteiger partial charge is 0.349 e. The van der Waals surface area contributed by atoms with E-state index in [9.17, 15) is 22.8 Å². The van der Waals surface area contributed by atoms with Crippen LogP contribution >= 0.6 is 0 Å². The highest BCUT2D eigenvalue weighted by atomic mass is 32.2.